The Kier molecular flexibility index (Phi) is 4.38. The Morgan fingerprint density at radius 3 is 2.52 bits per heavy atom. The molecule has 3 heterocycles. The Balaban J connectivity index is 1.83. The van der Waals surface area contributed by atoms with Gasteiger partial charge in [-0.2, -0.15) is 0 Å². The number of nitrogens with zero attached hydrogens (tertiary/aromatic N) is 4. The smallest absolute Gasteiger partial charge is 0.312 e. The highest BCUT2D eigenvalue weighted by atomic mass is 19.1. The summed E-state index contributed by atoms with van der Waals surface area (Å²) in [5.74, 6) is 0.867. The third-order valence-corrected chi connectivity index (χ3v) is 5.86. The molecule has 5 rings (SSSR count). The van der Waals surface area contributed by atoms with Crippen LogP contribution < -0.4 is 10.1 Å². The lowest BCUT2D eigenvalue weighted by Crippen LogP contribution is -2.32. The minimum Gasteiger partial charge on any atom is -0.312 e. The van der Waals surface area contributed by atoms with E-state index in [4.69, 9.17) is 0 Å². The number of hydrogen-bond donors (Lipinski definition) is 1. The number of nitrogens with one attached hydrogen (secondary N) is 1. The van der Waals surface area contributed by atoms with Gasteiger partial charge in [0.25, 0.3) is 5.56 Å². The van der Waals surface area contributed by atoms with Gasteiger partial charge in [-0.25, -0.2) is 9.49 Å². The second-order valence-electron chi connectivity index (χ2n) is 7.85. The van der Waals surface area contributed by atoms with E-state index in [2.05, 4.69) is 15.1 Å². The highest BCUT2D eigenvalue weighted by molar-refractivity contribution is 5.90. The summed E-state index contributed by atoms with van der Waals surface area (Å²) >= 11 is 0. The van der Waals surface area contributed by atoms with Crippen molar-refractivity contribution in [1.29, 1.82) is 0 Å². The minimum atomic E-state index is -0.315. The molecule has 1 N–H and O–H groups in total. The fraction of sp³-hybridized carbons (Fsp3) is 0.364. The molecule has 0 bridgehead atoms. The van der Waals surface area contributed by atoms with Gasteiger partial charge in [0, 0.05) is 24.7 Å². The van der Waals surface area contributed by atoms with Gasteiger partial charge < -0.3 is 4.57 Å². The summed E-state index contributed by atoms with van der Waals surface area (Å²) in [7, 11) is 0. The molecular weight excluding hydrogens is 369 g/mol. The number of aromatic nitrogens is 5. The molecule has 29 heavy (non-hydrogen) atoms. The number of aromatic amines is 1. The lowest BCUT2D eigenvalue weighted by Gasteiger charge is -2.18. The molecule has 1 saturated carbocycles. The summed E-state index contributed by atoms with van der Waals surface area (Å²) in [4.78, 5) is 22.7. The van der Waals surface area contributed by atoms with Crippen molar-refractivity contribution in [1.82, 2.24) is 19.6 Å². The Labute approximate surface area is 167 Å². The molecule has 148 valence electrons. The Bertz CT molecular complexity index is 1250. The lowest BCUT2D eigenvalue weighted by atomic mass is 10.1. The first-order valence-electron chi connectivity index (χ1n) is 10.2. The van der Waals surface area contributed by atoms with Crippen LogP contribution in [0.15, 0.2) is 41.3 Å². The van der Waals surface area contributed by atoms with Gasteiger partial charge in [0.15, 0.2) is 11.2 Å². The second-order valence-corrected chi connectivity index (χ2v) is 7.85. The van der Waals surface area contributed by atoms with E-state index in [-0.39, 0.29) is 17.4 Å². The van der Waals surface area contributed by atoms with E-state index >= 15 is 0 Å². The first-order chi connectivity index (χ1) is 14.1. The molecule has 1 aromatic carbocycles. The molecule has 0 radical (unpaired) electrons. The molecule has 0 unspecified atom stereocenters. The van der Waals surface area contributed by atoms with Crippen LogP contribution in [0.1, 0.15) is 50.4 Å². The number of rotatable bonds is 2. The molecule has 7 heteroatoms. The van der Waals surface area contributed by atoms with Gasteiger partial charge in [-0.15, -0.1) is 4.52 Å². The molecule has 1 aliphatic rings. The van der Waals surface area contributed by atoms with Crippen molar-refractivity contribution in [3.63, 3.8) is 0 Å². The predicted octanol–water partition coefficient (Wildman–Crippen LogP) is 3.87. The largest absolute Gasteiger partial charge is 0.458 e. The maximum Gasteiger partial charge on any atom is 0.458 e. The fourth-order valence-electron chi connectivity index (χ4n) is 4.45. The van der Waals surface area contributed by atoms with Crippen LogP contribution in [0, 0.1) is 12.7 Å². The van der Waals surface area contributed by atoms with Crippen LogP contribution in [0.5, 0.6) is 0 Å². The summed E-state index contributed by atoms with van der Waals surface area (Å²) in [5, 5.41) is 3.70. The zero-order chi connectivity index (χ0) is 20.0. The molecule has 0 saturated heterocycles. The quantitative estimate of drug-likeness (QED) is 0.416. The van der Waals surface area contributed by atoms with Crippen LogP contribution in [0.3, 0.4) is 0 Å². The molecule has 4 aromatic rings. The molecule has 1 fully saturated rings. The van der Waals surface area contributed by atoms with Gasteiger partial charge in [-0.1, -0.05) is 35.7 Å². The molecule has 6 nitrogen and oxygen atoms in total. The maximum atomic E-state index is 13.7. The van der Waals surface area contributed by atoms with Crippen LogP contribution in [-0.4, -0.2) is 19.6 Å². The van der Waals surface area contributed by atoms with E-state index in [1.165, 1.54) is 25.0 Å². The van der Waals surface area contributed by atoms with Gasteiger partial charge in [0.1, 0.15) is 11.2 Å². The van der Waals surface area contributed by atoms with Gasteiger partial charge in [-0.3, -0.25) is 4.79 Å². The van der Waals surface area contributed by atoms with Gasteiger partial charge >= 0.3 is 5.78 Å². The van der Waals surface area contributed by atoms with E-state index in [1.807, 2.05) is 23.8 Å². The zero-order valence-corrected chi connectivity index (χ0v) is 16.4. The van der Waals surface area contributed by atoms with Gasteiger partial charge in [-0.05, 0) is 43.2 Å². The summed E-state index contributed by atoms with van der Waals surface area (Å²) in [6, 6.07) is 8.30. The molecule has 0 spiro atoms. The highest BCUT2D eigenvalue weighted by Crippen LogP contribution is 2.28. The Morgan fingerprint density at radius 2 is 1.79 bits per heavy atom. The minimum absolute atomic E-state index is 0.0529. The first kappa shape index (κ1) is 18.0. The number of H-pyrrole nitrogens is 1. The number of aryl methyl sites for hydroxylation is 1. The number of fused-ring (bicyclic) bond motifs is 2. The summed E-state index contributed by atoms with van der Waals surface area (Å²) in [6.07, 6.45) is 8.65. The third-order valence-electron chi connectivity index (χ3n) is 5.86. The number of halogens is 1. The fourth-order valence-corrected chi connectivity index (χ4v) is 4.45. The van der Waals surface area contributed by atoms with Crippen LogP contribution >= 0.6 is 0 Å². The lowest BCUT2D eigenvalue weighted by molar-refractivity contribution is -0.567. The average Bonchev–Trinajstić information content (AvgIpc) is 2.90. The van der Waals surface area contributed by atoms with E-state index in [0.717, 1.165) is 31.2 Å². The number of pyridine rings is 1. The summed E-state index contributed by atoms with van der Waals surface area (Å²) in [5.41, 5.74) is 1.96. The first-order valence-corrected chi connectivity index (χ1v) is 10.2. The maximum absolute atomic E-state index is 13.7. The van der Waals surface area contributed by atoms with Crippen LogP contribution in [-0.2, 0) is 0 Å². The second kappa shape index (κ2) is 7.06. The molecule has 0 atom stereocenters. The van der Waals surface area contributed by atoms with Gasteiger partial charge in [0.05, 0.1) is 0 Å². The topological polar surface area (TPSA) is 67.7 Å². The summed E-state index contributed by atoms with van der Waals surface area (Å²) < 4.78 is 17.2. The molecule has 0 aliphatic heterocycles. The molecule has 1 aliphatic carbocycles. The van der Waals surface area contributed by atoms with Crippen molar-refractivity contribution < 1.29 is 8.91 Å². The number of benzene rings is 1. The molecule has 3 aromatic heterocycles. The third kappa shape index (κ3) is 3.10. The Hall–Kier alpha value is -3.09. The predicted molar refractivity (Wildman–Crippen MR) is 108 cm³/mol. The van der Waals surface area contributed by atoms with E-state index in [0.29, 0.717) is 28.2 Å². The van der Waals surface area contributed by atoms with Gasteiger partial charge in [0.2, 0.25) is 5.82 Å². The van der Waals surface area contributed by atoms with Crippen molar-refractivity contribution >= 4 is 16.7 Å². The van der Waals surface area contributed by atoms with Crippen molar-refractivity contribution in [3.05, 3.63) is 58.5 Å². The zero-order valence-electron chi connectivity index (χ0n) is 16.4. The van der Waals surface area contributed by atoms with Crippen LogP contribution in [0.25, 0.3) is 27.9 Å². The monoisotopic (exact) mass is 392 g/mol. The highest BCUT2D eigenvalue weighted by Gasteiger charge is 2.25. The SMILES string of the molecule is Cc1nc2nc3ccn(C4CCCCCC4)c(=O)c3c(-c3ccc(F)cc3)[n+]2[nH]1. The molecule has 0 amide bonds. The van der Waals surface area contributed by atoms with Crippen LogP contribution in [0.4, 0.5) is 4.39 Å². The van der Waals surface area contributed by atoms with Crippen LogP contribution in [0.2, 0.25) is 0 Å². The van der Waals surface area contributed by atoms with Crippen molar-refractivity contribution in [2.45, 2.75) is 51.5 Å². The van der Waals surface area contributed by atoms with Crippen molar-refractivity contribution in [2.24, 2.45) is 0 Å². The van der Waals surface area contributed by atoms with Crippen molar-refractivity contribution in [2.75, 3.05) is 0 Å². The standard InChI is InChI=1S/C22H22FN5O/c1-14-24-22-25-18-12-13-27(17-6-4-2-3-5-7-17)21(29)19(18)20(28(22)26-14)15-8-10-16(23)11-9-15/h8-13,17H,2-7H2,1H3/p+1. The van der Waals surface area contributed by atoms with Crippen molar-refractivity contribution in [3.8, 4) is 11.3 Å². The van der Waals surface area contributed by atoms with E-state index < -0.39 is 0 Å². The normalized spacial score (nSPS) is 15.8. The van der Waals surface area contributed by atoms with E-state index in [9.17, 15) is 9.18 Å². The average molecular weight is 392 g/mol. The Morgan fingerprint density at radius 1 is 1.07 bits per heavy atom. The molecular formula is C22H23FN5O+. The number of hydrogen-bond acceptors (Lipinski definition) is 3. The summed E-state index contributed by atoms with van der Waals surface area (Å²) in [6.45, 7) is 1.84. The van der Waals surface area contributed by atoms with E-state index in [1.54, 1.807) is 16.6 Å².